The van der Waals surface area contributed by atoms with E-state index >= 15 is 0 Å². The molecule has 0 aliphatic heterocycles. The molecule has 0 spiro atoms. The predicted octanol–water partition coefficient (Wildman–Crippen LogP) is 3.18. The second-order valence-corrected chi connectivity index (χ2v) is 5.10. The normalized spacial score (nSPS) is 25.9. The summed E-state index contributed by atoms with van der Waals surface area (Å²) in [7, 11) is 0. The van der Waals surface area contributed by atoms with Crippen LogP contribution in [0.1, 0.15) is 45.1 Å². The molecular weight excluding hydrogens is 196 g/mol. The lowest BCUT2D eigenvalue weighted by Crippen LogP contribution is -2.36. The van der Waals surface area contributed by atoms with Crippen LogP contribution in [0.3, 0.4) is 0 Å². The van der Waals surface area contributed by atoms with Crippen molar-refractivity contribution in [3.05, 3.63) is 24.0 Å². The summed E-state index contributed by atoms with van der Waals surface area (Å²) < 4.78 is 2.24. The fourth-order valence-electron chi connectivity index (χ4n) is 2.66. The van der Waals surface area contributed by atoms with Gasteiger partial charge < -0.3 is 9.88 Å². The van der Waals surface area contributed by atoms with Crippen molar-refractivity contribution in [1.82, 2.24) is 9.88 Å². The van der Waals surface area contributed by atoms with Crippen LogP contribution in [0.2, 0.25) is 0 Å². The molecule has 0 aromatic carbocycles. The largest absolute Gasteiger partial charge is 0.354 e. The van der Waals surface area contributed by atoms with Gasteiger partial charge in [-0.3, -0.25) is 0 Å². The lowest BCUT2D eigenvalue weighted by atomic mass is 9.86. The van der Waals surface area contributed by atoms with Crippen LogP contribution in [-0.2, 0) is 13.1 Å². The van der Waals surface area contributed by atoms with Gasteiger partial charge in [-0.2, -0.15) is 0 Å². The van der Waals surface area contributed by atoms with Crippen molar-refractivity contribution in [2.24, 2.45) is 5.92 Å². The van der Waals surface area contributed by atoms with Gasteiger partial charge >= 0.3 is 0 Å². The minimum Gasteiger partial charge on any atom is -0.354 e. The SMILES string of the molecule is CCn1ccc(CNC2CCCCC2C)c1. The molecule has 1 N–H and O–H groups in total. The van der Waals surface area contributed by atoms with Gasteiger partial charge in [0.2, 0.25) is 0 Å². The van der Waals surface area contributed by atoms with E-state index < -0.39 is 0 Å². The molecular formula is C14H24N2. The van der Waals surface area contributed by atoms with E-state index in [-0.39, 0.29) is 0 Å². The number of rotatable bonds is 4. The summed E-state index contributed by atoms with van der Waals surface area (Å²) in [6, 6.07) is 2.96. The number of aromatic nitrogens is 1. The maximum Gasteiger partial charge on any atom is 0.0223 e. The summed E-state index contributed by atoms with van der Waals surface area (Å²) >= 11 is 0. The van der Waals surface area contributed by atoms with Crippen LogP contribution >= 0.6 is 0 Å². The Hall–Kier alpha value is -0.760. The zero-order chi connectivity index (χ0) is 11.4. The molecule has 2 atom stereocenters. The highest BCUT2D eigenvalue weighted by molar-refractivity contribution is 5.10. The highest BCUT2D eigenvalue weighted by Crippen LogP contribution is 2.23. The molecule has 0 saturated heterocycles. The topological polar surface area (TPSA) is 17.0 Å². The number of hydrogen-bond acceptors (Lipinski definition) is 1. The molecule has 1 fully saturated rings. The van der Waals surface area contributed by atoms with Crippen LogP contribution in [0.4, 0.5) is 0 Å². The molecule has 1 aromatic heterocycles. The summed E-state index contributed by atoms with van der Waals surface area (Å²) in [5.41, 5.74) is 1.42. The van der Waals surface area contributed by atoms with Gasteiger partial charge in [-0.25, -0.2) is 0 Å². The predicted molar refractivity (Wildman–Crippen MR) is 68.4 cm³/mol. The van der Waals surface area contributed by atoms with Crippen LogP contribution in [0.5, 0.6) is 0 Å². The Morgan fingerprint density at radius 3 is 2.88 bits per heavy atom. The molecule has 0 radical (unpaired) electrons. The van der Waals surface area contributed by atoms with Gasteiger partial charge in [0.25, 0.3) is 0 Å². The fourth-order valence-corrected chi connectivity index (χ4v) is 2.66. The van der Waals surface area contributed by atoms with Crippen molar-refractivity contribution in [3.8, 4) is 0 Å². The van der Waals surface area contributed by atoms with Crippen molar-refractivity contribution >= 4 is 0 Å². The average Bonchev–Trinajstić information content (AvgIpc) is 2.76. The Morgan fingerprint density at radius 1 is 1.38 bits per heavy atom. The van der Waals surface area contributed by atoms with E-state index in [0.717, 1.165) is 25.0 Å². The van der Waals surface area contributed by atoms with Gasteiger partial charge in [-0.1, -0.05) is 19.8 Å². The third-order valence-corrected chi connectivity index (χ3v) is 3.86. The molecule has 2 heteroatoms. The Kier molecular flexibility index (Phi) is 4.05. The summed E-state index contributed by atoms with van der Waals surface area (Å²) in [4.78, 5) is 0. The van der Waals surface area contributed by atoms with Gasteiger partial charge in [-0.15, -0.1) is 0 Å². The standard InChI is InChI=1S/C14H24N2/c1-3-16-9-8-13(11-16)10-15-14-7-5-4-6-12(14)2/h8-9,11-12,14-15H,3-7,10H2,1-2H3. The van der Waals surface area contributed by atoms with Crippen molar-refractivity contribution < 1.29 is 0 Å². The number of nitrogens with zero attached hydrogens (tertiary/aromatic N) is 1. The van der Waals surface area contributed by atoms with Crippen molar-refractivity contribution in [1.29, 1.82) is 0 Å². The minimum absolute atomic E-state index is 0.735. The number of hydrogen-bond donors (Lipinski definition) is 1. The van der Waals surface area contributed by atoms with E-state index in [4.69, 9.17) is 0 Å². The van der Waals surface area contributed by atoms with Gasteiger partial charge in [0, 0.05) is 31.5 Å². The van der Waals surface area contributed by atoms with E-state index in [1.54, 1.807) is 0 Å². The third-order valence-electron chi connectivity index (χ3n) is 3.86. The fraction of sp³-hybridized carbons (Fsp3) is 0.714. The van der Waals surface area contributed by atoms with E-state index in [1.165, 1.54) is 31.2 Å². The number of nitrogens with one attached hydrogen (secondary N) is 1. The van der Waals surface area contributed by atoms with Crippen molar-refractivity contribution in [3.63, 3.8) is 0 Å². The molecule has 1 aliphatic rings. The molecule has 1 heterocycles. The van der Waals surface area contributed by atoms with Crippen LogP contribution in [0, 0.1) is 5.92 Å². The summed E-state index contributed by atoms with van der Waals surface area (Å²) in [6.07, 6.45) is 9.99. The first-order chi connectivity index (χ1) is 7.79. The molecule has 90 valence electrons. The maximum absolute atomic E-state index is 3.71. The number of aryl methyl sites for hydroxylation is 1. The Bertz CT molecular complexity index is 316. The molecule has 1 aliphatic carbocycles. The quantitative estimate of drug-likeness (QED) is 0.824. The lowest BCUT2D eigenvalue weighted by molar-refractivity contribution is 0.279. The molecule has 2 rings (SSSR count). The van der Waals surface area contributed by atoms with Crippen LogP contribution in [0.15, 0.2) is 18.5 Å². The molecule has 0 bridgehead atoms. The molecule has 2 nitrogen and oxygen atoms in total. The van der Waals surface area contributed by atoms with E-state index in [9.17, 15) is 0 Å². The molecule has 16 heavy (non-hydrogen) atoms. The second kappa shape index (κ2) is 5.53. The van der Waals surface area contributed by atoms with Gasteiger partial charge in [-0.05, 0) is 37.3 Å². The van der Waals surface area contributed by atoms with Crippen molar-refractivity contribution in [2.45, 2.75) is 58.7 Å². The highest BCUT2D eigenvalue weighted by Gasteiger charge is 2.20. The monoisotopic (exact) mass is 220 g/mol. The van der Waals surface area contributed by atoms with Crippen molar-refractivity contribution in [2.75, 3.05) is 0 Å². The van der Waals surface area contributed by atoms with Crippen LogP contribution < -0.4 is 5.32 Å². The Labute approximate surface area is 99.0 Å². The van der Waals surface area contributed by atoms with Gasteiger partial charge in [0.1, 0.15) is 0 Å². The first kappa shape index (κ1) is 11.7. The third kappa shape index (κ3) is 2.88. The molecule has 2 unspecified atom stereocenters. The highest BCUT2D eigenvalue weighted by atomic mass is 15.0. The van der Waals surface area contributed by atoms with E-state index in [2.05, 4.69) is 42.2 Å². The minimum atomic E-state index is 0.735. The van der Waals surface area contributed by atoms with Crippen LogP contribution in [-0.4, -0.2) is 10.6 Å². The first-order valence-corrected chi connectivity index (χ1v) is 6.67. The zero-order valence-corrected chi connectivity index (χ0v) is 10.6. The second-order valence-electron chi connectivity index (χ2n) is 5.10. The van der Waals surface area contributed by atoms with Gasteiger partial charge in [0.05, 0.1) is 0 Å². The Balaban J connectivity index is 1.81. The lowest BCUT2D eigenvalue weighted by Gasteiger charge is -2.29. The zero-order valence-electron chi connectivity index (χ0n) is 10.6. The molecule has 1 saturated carbocycles. The van der Waals surface area contributed by atoms with Crippen LogP contribution in [0.25, 0.3) is 0 Å². The molecule has 0 amide bonds. The first-order valence-electron chi connectivity index (χ1n) is 6.67. The average molecular weight is 220 g/mol. The van der Waals surface area contributed by atoms with Gasteiger partial charge in [0.15, 0.2) is 0 Å². The maximum atomic E-state index is 3.71. The van der Waals surface area contributed by atoms with E-state index in [1.807, 2.05) is 0 Å². The smallest absolute Gasteiger partial charge is 0.0223 e. The summed E-state index contributed by atoms with van der Waals surface area (Å²) in [5.74, 6) is 0.849. The van der Waals surface area contributed by atoms with E-state index in [0.29, 0.717) is 0 Å². The molecule has 1 aromatic rings. The summed E-state index contributed by atoms with van der Waals surface area (Å²) in [6.45, 7) is 6.66. The summed E-state index contributed by atoms with van der Waals surface area (Å²) in [5, 5.41) is 3.71. The Morgan fingerprint density at radius 2 is 2.19 bits per heavy atom.